The molecular weight excluding hydrogens is 412 g/mol. The van der Waals surface area contributed by atoms with Gasteiger partial charge < -0.3 is 9.47 Å². The molecule has 0 spiro atoms. The average molecular weight is 430 g/mol. The van der Waals surface area contributed by atoms with Crippen molar-refractivity contribution in [3.8, 4) is 23.6 Å². The Balaban J connectivity index is 3.78. The van der Waals surface area contributed by atoms with Gasteiger partial charge in [0.2, 0.25) is 0 Å². The molecule has 10 nitrogen and oxygen atoms in total. The molecule has 0 fully saturated rings. The van der Waals surface area contributed by atoms with Gasteiger partial charge in [-0.2, -0.15) is 8.42 Å². The number of hydrogen-bond donors (Lipinski definition) is 1. The van der Waals surface area contributed by atoms with Crippen molar-refractivity contribution in [1.29, 1.82) is 10.5 Å². The second kappa shape index (κ2) is 10.8. The van der Waals surface area contributed by atoms with E-state index in [2.05, 4.69) is 13.9 Å². The van der Waals surface area contributed by atoms with E-state index in [0.29, 0.717) is 6.42 Å². The highest BCUT2D eigenvalue weighted by atomic mass is 32.3. The van der Waals surface area contributed by atoms with Crippen LogP contribution in [0.1, 0.15) is 27.2 Å². The van der Waals surface area contributed by atoms with Gasteiger partial charge in [-0.05, 0) is 32.4 Å². The zero-order chi connectivity index (χ0) is 22.9. The van der Waals surface area contributed by atoms with Gasteiger partial charge in [-0.3, -0.25) is 4.55 Å². The molecule has 0 radical (unpaired) electrons. The highest BCUT2D eigenvalue weighted by Crippen LogP contribution is 2.15. The molecular formula is C19H18N4O6S. The van der Waals surface area contributed by atoms with Crippen LogP contribution in [0.4, 0.5) is 0 Å². The van der Waals surface area contributed by atoms with Crippen LogP contribution < -0.4 is 19.9 Å². The normalized spacial score (nSPS) is 14.7. The predicted octanol–water partition coefficient (Wildman–Crippen LogP) is 1.55. The van der Waals surface area contributed by atoms with Crippen molar-refractivity contribution in [3.05, 3.63) is 45.4 Å². The number of benzene rings is 1. The zero-order valence-electron chi connectivity index (χ0n) is 16.4. The van der Waals surface area contributed by atoms with Gasteiger partial charge in [0.15, 0.2) is 0 Å². The van der Waals surface area contributed by atoms with E-state index in [1.54, 1.807) is 19.1 Å². The minimum Gasteiger partial charge on any atom is -0.491 e. The Kier molecular flexibility index (Phi) is 8.80. The van der Waals surface area contributed by atoms with Gasteiger partial charge in [-0.1, -0.05) is 6.92 Å². The summed E-state index contributed by atoms with van der Waals surface area (Å²) in [7, 11) is -4.69. The maximum atomic E-state index is 10.8. The van der Waals surface area contributed by atoms with Gasteiger partial charge in [-0.25, -0.2) is 24.4 Å². The Bertz CT molecular complexity index is 1160. The van der Waals surface area contributed by atoms with Crippen molar-refractivity contribution >= 4 is 21.8 Å². The molecule has 0 saturated carbocycles. The fraction of sp³-hybridized carbons (Fsp3) is 0.368. The third-order valence-corrected chi connectivity index (χ3v) is 4.14. The SMILES string of the molecule is [C-]#[N+]/C(C#N)=c1/cc(OC(C)COS(=O)(=O)O)/c(=C(\C#N)[N+]#[C-])cc1OC(C)CC. The summed E-state index contributed by atoms with van der Waals surface area (Å²) in [6.45, 7) is 19.0. The minimum absolute atomic E-state index is 0.0375. The van der Waals surface area contributed by atoms with Crippen molar-refractivity contribution in [1.82, 2.24) is 0 Å². The molecule has 2 atom stereocenters. The molecule has 0 aromatic heterocycles. The molecule has 156 valence electrons. The Morgan fingerprint density at radius 2 is 1.50 bits per heavy atom. The standard InChI is InChI=1S/C19H18N4O6S/c1-6-12(2)28-18-7-15(17(10-21)23-5)19(8-14(18)16(9-20)22-4)29-13(3)11-27-30(24,25)26/h7-8,12-13H,6,11H2,1-3H3,(H,24,25,26)/b16-14-,17-15+. The lowest BCUT2D eigenvalue weighted by atomic mass is 10.1. The van der Waals surface area contributed by atoms with E-state index in [1.807, 2.05) is 6.92 Å². The predicted molar refractivity (Wildman–Crippen MR) is 105 cm³/mol. The van der Waals surface area contributed by atoms with Gasteiger partial charge in [0, 0.05) is 10.4 Å². The average Bonchev–Trinajstić information content (AvgIpc) is 2.70. The Hall–Kier alpha value is -3.61. The summed E-state index contributed by atoms with van der Waals surface area (Å²) in [6, 6.07) is 6.10. The quantitative estimate of drug-likeness (QED) is 0.484. The summed E-state index contributed by atoms with van der Waals surface area (Å²) in [6.07, 6.45) is -0.604. The highest BCUT2D eigenvalue weighted by Gasteiger charge is 2.16. The lowest BCUT2D eigenvalue weighted by Crippen LogP contribution is -2.27. The molecule has 1 aromatic carbocycles. The van der Waals surface area contributed by atoms with Crippen molar-refractivity contribution in [2.75, 3.05) is 6.61 Å². The van der Waals surface area contributed by atoms with Crippen LogP contribution in [0.15, 0.2) is 12.1 Å². The van der Waals surface area contributed by atoms with E-state index in [9.17, 15) is 18.9 Å². The zero-order valence-corrected chi connectivity index (χ0v) is 17.2. The van der Waals surface area contributed by atoms with Crippen LogP contribution in [0, 0.1) is 35.8 Å². The summed E-state index contributed by atoms with van der Waals surface area (Å²) >= 11 is 0. The molecule has 0 heterocycles. The Morgan fingerprint density at radius 1 is 1.07 bits per heavy atom. The molecule has 0 aliphatic carbocycles. The van der Waals surface area contributed by atoms with E-state index >= 15 is 0 Å². The molecule has 2 unspecified atom stereocenters. The van der Waals surface area contributed by atoms with E-state index < -0.39 is 23.1 Å². The molecule has 0 saturated heterocycles. The first-order chi connectivity index (χ1) is 14.1. The summed E-state index contributed by atoms with van der Waals surface area (Å²) in [5.41, 5.74) is -0.636. The largest absolute Gasteiger partial charge is 0.491 e. The third-order valence-electron chi connectivity index (χ3n) is 3.71. The van der Waals surface area contributed by atoms with Gasteiger partial charge in [0.1, 0.15) is 24.2 Å². The molecule has 0 bridgehead atoms. The molecule has 1 rings (SSSR count). The van der Waals surface area contributed by atoms with E-state index in [-0.39, 0.29) is 39.4 Å². The number of rotatable bonds is 8. The van der Waals surface area contributed by atoms with Crippen LogP contribution in [0.3, 0.4) is 0 Å². The first-order valence-corrected chi connectivity index (χ1v) is 9.89. The lowest BCUT2D eigenvalue weighted by Gasteiger charge is -2.18. The Labute approximate surface area is 174 Å². The molecule has 0 aliphatic heterocycles. The summed E-state index contributed by atoms with van der Waals surface area (Å²) in [5, 5.41) is 18.7. The monoisotopic (exact) mass is 430 g/mol. The Morgan fingerprint density at radius 3 is 1.83 bits per heavy atom. The molecule has 30 heavy (non-hydrogen) atoms. The molecule has 1 N–H and O–H groups in total. The van der Waals surface area contributed by atoms with Crippen LogP contribution in [0.2, 0.25) is 0 Å². The van der Waals surface area contributed by atoms with Crippen LogP contribution in [0.5, 0.6) is 11.5 Å². The van der Waals surface area contributed by atoms with Gasteiger partial charge in [0.25, 0.3) is 11.4 Å². The second-order valence-corrected chi connectivity index (χ2v) is 7.06. The number of nitriles is 2. The summed E-state index contributed by atoms with van der Waals surface area (Å²) < 4.78 is 45.8. The lowest BCUT2D eigenvalue weighted by molar-refractivity contribution is 0.135. The molecule has 11 heteroatoms. The maximum absolute atomic E-state index is 10.8. The maximum Gasteiger partial charge on any atom is 0.397 e. The van der Waals surface area contributed by atoms with Gasteiger partial charge in [-0.15, -0.1) is 0 Å². The van der Waals surface area contributed by atoms with Crippen molar-refractivity contribution in [2.45, 2.75) is 39.4 Å². The van der Waals surface area contributed by atoms with Crippen molar-refractivity contribution in [2.24, 2.45) is 0 Å². The molecule has 0 amide bonds. The van der Waals surface area contributed by atoms with Crippen molar-refractivity contribution < 1.29 is 26.6 Å². The van der Waals surface area contributed by atoms with Crippen LogP contribution in [-0.4, -0.2) is 31.8 Å². The fourth-order valence-electron chi connectivity index (χ4n) is 2.15. The van der Waals surface area contributed by atoms with Crippen LogP contribution in [0.25, 0.3) is 21.1 Å². The van der Waals surface area contributed by atoms with Crippen LogP contribution >= 0.6 is 0 Å². The fourth-order valence-corrected chi connectivity index (χ4v) is 2.51. The highest BCUT2D eigenvalue weighted by molar-refractivity contribution is 7.80. The molecule has 0 aliphatic rings. The number of ether oxygens (including phenoxy) is 2. The third kappa shape index (κ3) is 6.77. The van der Waals surface area contributed by atoms with E-state index in [0.717, 1.165) is 0 Å². The number of nitrogens with zero attached hydrogens (tertiary/aromatic N) is 4. The summed E-state index contributed by atoms with van der Waals surface area (Å²) in [4.78, 5) is 6.33. The number of hydrogen-bond acceptors (Lipinski definition) is 7. The van der Waals surface area contributed by atoms with Gasteiger partial charge in [0.05, 0.1) is 31.4 Å². The molecule has 1 aromatic rings. The van der Waals surface area contributed by atoms with E-state index in [4.69, 9.17) is 27.2 Å². The van der Waals surface area contributed by atoms with Crippen molar-refractivity contribution in [3.63, 3.8) is 0 Å². The second-order valence-electron chi connectivity index (χ2n) is 5.97. The van der Waals surface area contributed by atoms with E-state index in [1.165, 1.54) is 19.1 Å². The first kappa shape index (κ1) is 24.4. The first-order valence-electron chi connectivity index (χ1n) is 8.53. The topological polar surface area (TPSA) is 138 Å². The smallest absolute Gasteiger partial charge is 0.397 e. The van der Waals surface area contributed by atoms with Crippen LogP contribution in [-0.2, 0) is 14.6 Å². The minimum atomic E-state index is -4.69. The summed E-state index contributed by atoms with van der Waals surface area (Å²) in [5.74, 6) is 0.0642. The van der Waals surface area contributed by atoms with Gasteiger partial charge >= 0.3 is 10.4 Å².